The van der Waals surface area contributed by atoms with Gasteiger partial charge in [0, 0.05) is 25.7 Å². The standard InChI is InChI=1S/C16H24N2O2/c1-12-6-7-15(20-3)14(9-12)11-18(2)16(19)13-5-4-8-17-10-13/h6-7,9,13,17H,4-5,8,10-11H2,1-3H3. The third-order valence-electron chi connectivity index (χ3n) is 3.87. The SMILES string of the molecule is COc1ccc(C)cc1CN(C)C(=O)C1CCCNC1. The molecular weight excluding hydrogens is 252 g/mol. The van der Waals surface area contributed by atoms with Crippen molar-refractivity contribution in [2.24, 2.45) is 5.92 Å². The molecule has 1 N–H and O–H groups in total. The van der Waals surface area contributed by atoms with Crippen LogP contribution in [0.1, 0.15) is 24.0 Å². The highest BCUT2D eigenvalue weighted by molar-refractivity contribution is 5.79. The summed E-state index contributed by atoms with van der Waals surface area (Å²) in [5.41, 5.74) is 2.24. The van der Waals surface area contributed by atoms with Crippen LogP contribution in [0.4, 0.5) is 0 Å². The number of piperidine rings is 1. The van der Waals surface area contributed by atoms with Crippen molar-refractivity contribution in [1.82, 2.24) is 10.2 Å². The molecular formula is C16H24N2O2. The molecule has 1 aromatic carbocycles. The molecule has 1 heterocycles. The third kappa shape index (κ3) is 3.51. The Labute approximate surface area is 121 Å². The zero-order chi connectivity index (χ0) is 14.5. The van der Waals surface area contributed by atoms with Gasteiger partial charge in [-0.1, -0.05) is 17.7 Å². The van der Waals surface area contributed by atoms with Crippen LogP contribution in [-0.4, -0.2) is 38.1 Å². The summed E-state index contributed by atoms with van der Waals surface area (Å²) in [5.74, 6) is 1.18. The summed E-state index contributed by atoms with van der Waals surface area (Å²) in [6.07, 6.45) is 2.07. The van der Waals surface area contributed by atoms with Crippen LogP contribution in [-0.2, 0) is 11.3 Å². The van der Waals surface area contributed by atoms with Crippen LogP contribution >= 0.6 is 0 Å². The first-order chi connectivity index (χ1) is 9.61. The van der Waals surface area contributed by atoms with E-state index in [2.05, 4.69) is 18.3 Å². The average Bonchev–Trinajstić information content (AvgIpc) is 2.47. The second-order valence-electron chi connectivity index (χ2n) is 5.55. The van der Waals surface area contributed by atoms with E-state index in [-0.39, 0.29) is 11.8 Å². The van der Waals surface area contributed by atoms with Crippen LogP contribution in [0, 0.1) is 12.8 Å². The van der Waals surface area contributed by atoms with Crippen molar-refractivity contribution in [2.45, 2.75) is 26.3 Å². The second kappa shape index (κ2) is 6.75. The summed E-state index contributed by atoms with van der Waals surface area (Å²) in [7, 11) is 3.54. The second-order valence-corrected chi connectivity index (χ2v) is 5.55. The quantitative estimate of drug-likeness (QED) is 0.914. The molecule has 0 bridgehead atoms. The number of aryl methyl sites for hydroxylation is 1. The number of amides is 1. The van der Waals surface area contributed by atoms with Gasteiger partial charge < -0.3 is 15.0 Å². The van der Waals surface area contributed by atoms with Crippen LogP contribution in [0.5, 0.6) is 5.75 Å². The van der Waals surface area contributed by atoms with E-state index in [0.717, 1.165) is 37.2 Å². The Hall–Kier alpha value is -1.55. The number of nitrogens with one attached hydrogen (secondary N) is 1. The van der Waals surface area contributed by atoms with Gasteiger partial charge in [0.05, 0.1) is 13.0 Å². The molecule has 1 unspecified atom stereocenters. The molecule has 1 fully saturated rings. The molecule has 0 aromatic heterocycles. The molecule has 0 saturated carbocycles. The van der Waals surface area contributed by atoms with Crippen molar-refractivity contribution < 1.29 is 9.53 Å². The predicted molar refractivity (Wildman–Crippen MR) is 79.8 cm³/mol. The molecule has 4 nitrogen and oxygen atoms in total. The maximum atomic E-state index is 12.4. The van der Waals surface area contributed by atoms with E-state index in [4.69, 9.17) is 4.74 Å². The molecule has 0 aliphatic carbocycles. The van der Waals surface area contributed by atoms with Crippen molar-refractivity contribution in [3.05, 3.63) is 29.3 Å². The lowest BCUT2D eigenvalue weighted by Crippen LogP contribution is -2.41. The predicted octanol–water partition coefficient (Wildman–Crippen LogP) is 1.96. The maximum absolute atomic E-state index is 12.4. The molecule has 2 rings (SSSR count). The lowest BCUT2D eigenvalue weighted by atomic mass is 9.98. The Bertz CT molecular complexity index is 468. The van der Waals surface area contributed by atoms with Crippen LogP contribution < -0.4 is 10.1 Å². The molecule has 4 heteroatoms. The van der Waals surface area contributed by atoms with E-state index >= 15 is 0 Å². The molecule has 1 amide bonds. The van der Waals surface area contributed by atoms with Gasteiger partial charge in [0.1, 0.15) is 5.75 Å². The summed E-state index contributed by atoms with van der Waals surface area (Å²) in [6, 6.07) is 6.07. The number of hydrogen-bond acceptors (Lipinski definition) is 3. The van der Waals surface area contributed by atoms with Crippen molar-refractivity contribution in [3.8, 4) is 5.75 Å². The van der Waals surface area contributed by atoms with Crippen LogP contribution in [0.3, 0.4) is 0 Å². The van der Waals surface area contributed by atoms with E-state index in [9.17, 15) is 4.79 Å². The summed E-state index contributed by atoms with van der Waals surface area (Å²) in [4.78, 5) is 14.2. The number of carbonyl (C=O) groups is 1. The number of ether oxygens (including phenoxy) is 1. The average molecular weight is 276 g/mol. The number of methoxy groups -OCH3 is 1. The van der Waals surface area contributed by atoms with E-state index < -0.39 is 0 Å². The van der Waals surface area contributed by atoms with Crippen molar-refractivity contribution >= 4 is 5.91 Å². The Morgan fingerprint density at radius 3 is 2.95 bits per heavy atom. The van der Waals surface area contributed by atoms with E-state index in [1.165, 1.54) is 5.56 Å². The molecule has 0 radical (unpaired) electrons. The Morgan fingerprint density at radius 2 is 2.30 bits per heavy atom. The van der Waals surface area contributed by atoms with Gasteiger partial charge in [-0.25, -0.2) is 0 Å². The zero-order valence-electron chi connectivity index (χ0n) is 12.6. The van der Waals surface area contributed by atoms with Crippen molar-refractivity contribution in [1.29, 1.82) is 0 Å². The Kier molecular flexibility index (Phi) is 5.01. The van der Waals surface area contributed by atoms with Gasteiger partial charge in [0.2, 0.25) is 5.91 Å². The van der Waals surface area contributed by atoms with Gasteiger partial charge in [0.15, 0.2) is 0 Å². The fourth-order valence-electron chi connectivity index (χ4n) is 2.74. The molecule has 1 atom stereocenters. The summed E-state index contributed by atoms with van der Waals surface area (Å²) >= 11 is 0. The number of rotatable bonds is 4. The highest BCUT2D eigenvalue weighted by Gasteiger charge is 2.24. The van der Waals surface area contributed by atoms with Crippen LogP contribution in [0.2, 0.25) is 0 Å². The molecule has 1 aliphatic heterocycles. The summed E-state index contributed by atoms with van der Waals surface area (Å²) < 4.78 is 5.38. The molecule has 1 aliphatic rings. The number of hydrogen-bond donors (Lipinski definition) is 1. The first kappa shape index (κ1) is 14.9. The molecule has 0 spiro atoms. The van der Waals surface area contributed by atoms with E-state index in [0.29, 0.717) is 6.54 Å². The van der Waals surface area contributed by atoms with Crippen LogP contribution in [0.15, 0.2) is 18.2 Å². The van der Waals surface area contributed by atoms with Gasteiger partial charge in [-0.3, -0.25) is 4.79 Å². The summed E-state index contributed by atoms with van der Waals surface area (Å²) in [6.45, 7) is 4.48. The van der Waals surface area contributed by atoms with E-state index in [1.807, 2.05) is 24.1 Å². The smallest absolute Gasteiger partial charge is 0.227 e. The van der Waals surface area contributed by atoms with Crippen molar-refractivity contribution in [3.63, 3.8) is 0 Å². The van der Waals surface area contributed by atoms with Crippen molar-refractivity contribution in [2.75, 3.05) is 27.2 Å². The monoisotopic (exact) mass is 276 g/mol. The first-order valence-electron chi connectivity index (χ1n) is 7.21. The minimum atomic E-state index is 0.115. The minimum absolute atomic E-state index is 0.115. The van der Waals surface area contributed by atoms with Crippen LogP contribution in [0.25, 0.3) is 0 Å². The molecule has 110 valence electrons. The first-order valence-corrected chi connectivity index (χ1v) is 7.21. The Balaban J connectivity index is 2.04. The third-order valence-corrected chi connectivity index (χ3v) is 3.87. The van der Waals surface area contributed by atoms with Gasteiger partial charge in [0.25, 0.3) is 0 Å². The molecule has 1 aromatic rings. The molecule has 1 saturated heterocycles. The van der Waals surface area contributed by atoms with Gasteiger partial charge >= 0.3 is 0 Å². The normalized spacial score (nSPS) is 18.6. The number of benzene rings is 1. The van der Waals surface area contributed by atoms with E-state index in [1.54, 1.807) is 7.11 Å². The largest absolute Gasteiger partial charge is 0.496 e. The fourth-order valence-corrected chi connectivity index (χ4v) is 2.74. The van der Waals surface area contributed by atoms with Gasteiger partial charge in [-0.15, -0.1) is 0 Å². The maximum Gasteiger partial charge on any atom is 0.227 e. The number of carbonyl (C=O) groups excluding carboxylic acids is 1. The van der Waals surface area contributed by atoms with Gasteiger partial charge in [-0.05, 0) is 32.4 Å². The van der Waals surface area contributed by atoms with Gasteiger partial charge in [-0.2, -0.15) is 0 Å². The Morgan fingerprint density at radius 1 is 1.50 bits per heavy atom. The molecule has 20 heavy (non-hydrogen) atoms. The highest BCUT2D eigenvalue weighted by Crippen LogP contribution is 2.22. The highest BCUT2D eigenvalue weighted by atomic mass is 16.5. The summed E-state index contributed by atoms with van der Waals surface area (Å²) in [5, 5.41) is 3.29. The lowest BCUT2D eigenvalue weighted by molar-refractivity contribution is -0.135. The topological polar surface area (TPSA) is 41.6 Å². The lowest BCUT2D eigenvalue weighted by Gasteiger charge is -2.27. The number of nitrogens with zero attached hydrogens (tertiary/aromatic N) is 1. The minimum Gasteiger partial charge on any atom is -0.496 e. The zero-order valence-corrected chi connectivity index (χ0v) is 12.6. The fraction of sp³-hybridized carbons (Fsp3) is 0.562.